The van der Waals surface area contributed by atoms with Crippen LogP contribution >= 0.6 is 0 Å². The number of nitrogens with zero attached hydrogens (tertiary/aromatic N) is 1. The molecule has 0 aliphatic carbocycles. The normalized spacial score (nSPS) is 13.7. The third-order valence-electron chi connectivity index (χ3n) is 1.91. The molecule has 1 unspecified atom stereocenters. The van der Waals surface area contributed by atoms with E-state index in [0.717, 1.165) is 12.2 Å². The summed E-state index contributed by atoms with van der Waals surface area (Å²) < 4.78 is 0. The van der Waals surface area contributed by atoms with Crippen LogP contribution in [0.3, 0.4) is 0 Å². The summed E-state index contributed by atoms with van der Waals surface area (Å²) in [6, 6.07) is 0.361. The van der Waals surface area contributed by atoms with Crippen molar-refractivity contribution < 1.29 is 0 Å². The highest BCUT2D eigenvalue weighted by Crippen LogP contribution is 2.16. The lowest BCUT2D eigenvalue weighted by Gasteiger charge is -2.15. The van der Waals surface area contributed by atoms with E-state index >= 15 is 0 Å². The molecule has 0 saturated carbocycles. The van der Waals surface area contributed by atoms with Gasteiger partial charge in [0.2, 0.25) is 0 Å². The molecule has 1 atom stereocenters. The fourth-order valence-corrected chi connectivity index (χ4v) is 1.31. The average Bonchev–Trinajstić information content (AvgIpc) is 2.51. The van der Waals surface area contributed by atoms with E-state index < -0.39 is 0 Å². The van der Waals surface area contributed by atoms with Gasteiger partial charge in [-0.15, -0.1) is 0 Å². The largest absolute Gasteiger partial charge is 0.347 e. The van der Waals surface area contributed by atoms with Crippen molar-refractivity contribution in [3.63, 3.8) is 0 Å². The number of aromatic amines is 1. The van der Waals surface area contributed by atoms with E-state index in [4.69, 9.17) is 0 Å². The highest BCUT2D eigenvalue weighted by molar-refractivity contribution is 4.95. The SMILES string of the molecule is CNC(CC(C)C)c1ncc[nH]1. The smallest absolute Gasteiger partial charge is 0.123 e. The first kappa shape index (κ1) is 9.26. The molecule has 1 rings (SSSR count). The van der Waals surface area contributed by atoms with Crippen LogP contribution in [0.2, 0.25) is 0 Å². The predicted octanol–water partition coefficient (Wildman–Crippen LogP) is 1.72. The standard InChI is InChI=1S/C9H17N3/c1-7(2)6-8(10-3)9-11-4-5-12-9/h4-5,7-8,10H,6H2,1-3H3,(H,11,12). The molecule has 0 aliphatic rings. The molecule has 0 spiro atoms. The molecule has 1 heterocycles. The maximum atomic E-state index is 4.22. The molecule has 0 fully saturated rings. The van der Waals surface area contributed by atoms with E-state index in [-0.39, 0.29) is 0 Å². The topological polar surface area (TPSA) is 40.7 Å². The minimum absolute atomic E-state index is 0.361. The number of hydrogen-bond acceptors (Lipinski definition) is 2. The van der Waals surface area contributed by atoms with E-state index in [0.29, 0.717) is 12.0 Å². The molecule has 0 bridgehead atoms. The van der Waals surface area contributed by atoms with Crippen molar-refractivity contribution in [2.75, 3.05) is 7.05 Å². The van der Waals surface area contributed by atoms with Crippen molar-refractivity contribution >= 4 is 0 Å². The summed E-state index contributed by atoms with van der Waals surface area (Å²) in [4.78, 5) is 7.34. The molecule has 0 radical (unpaired) electrons. The summed E-state index contributed by atoms with van der Waals surface area (Å²) in [5.74, 6) is 1.72. The van der Waals surface area contributed by atoms with E-state index in [1.54, 1.807) is 6.20 Å². The third-order valence-corrected chi connectivity index (χ3v) is 1.91. The number of rotatable bonds is 4. The van der Waals surface area contributed by atoms with Crippen LogP contribution in [0.25, 0.3) is 0 Å². The van der Waals surface area contributed by atoms with E-state index in [1.165, 1.54) is 0 Å². The first-order valence-corrected chi connectivity index (χ1v) is 4.40. The van der Waals surface area contributed by atoms with Crippen LogP contribution in [0.1, 0.15) is 32.1 Å². The van der Waals surface area contributed by atoms with E-state index in [1.807, 2.05) is 13.2 Å². The fourth-order valence-electron chi connectivity index (χ4n) is 1.31. The summed E-state index contributed by atoms with van der Waals surface area (Å²) in [6.45, 7) is 4.43. The Kier molecular flexibility index (Phi) is 3.29. The fraction of sp³-hybridized carbons (Fsp3) is 0.667. The van der Waals surface area contributed by atoms with Gasteiger partial charge in [0, 0.05) is 12.4 Å². The summed E-state index contributed by atoms with van der Waals surface area (Å²) in [6.07, 6.45) is 4.77. The van der Waals surface area contributed by atoms with Crippen LogP contribution in [0.15, 0.2) is 12.4 Å². The molecular weight excluding hydrogens is 150 g/mol. The molecule has 0 amide bonds. The highest BCUT2D eigenvalue weighted by Gasteiger charge is 2.12. The summed E-state index contributed by atoms with van der Waals surface area (Å²) >= 11 is 0. The molecule has 0 saturated heterocycles. The Labute approximate surface area is 73.6 Å². The molecular formula is C9H17N3. The van der Waals surface area contributed by atoms with Crippen molar-refractivity contribution in [1.29, 1.82) is 0 Å². The third kappa shape index (κ3) is 2.34. The molecule has 0 aliphatic heterocycles. The van der Waals surface area contributed by atoms with Gasteiger partial charge in [0.25, 0.3) is 0 Å². The Morgan fingerprint density at radius 3 is 2.75 bits per heavy atom. The molecule has 3 heteroatoms. The van der Waals surface area contributed by atoms with Crippen molar-refractivity contribution in [3.05, 3.63) is 18.2 Å². The van der Waals surface area contributed by atoms with Gasteiger partial charge in [-0.3, -0.25) is 0 Å². The molecule has 1 aromatic heterocycles. The Balaban J connectivity index is 2.57. The van der Waals surface area contributed by atoms with Gasteiger partial charge in [-0.1, -0.05) is 13.8 Å². The number of hydrogen-bond donors (Lipinski definition) is 2. The lowest BCUT2D eigenvalue weighted by molar-refractivity contribution is 0.442. The maximum absolute atomic E-state index is 4.22. The second-order valence-electron chi connectivity index (χ2n) is 3.45. The van der Waals surface area contributed by atoms with Gasteiger partial charge < -0.3 is 10.3 Å². The van der Waals surface area contributed by atoms with Gasteiger partial charge in [-0.2, -0.15) is 0 Å². The second-order valence-corrected chi connectivity index (χ2v) is 3.45. The minimum Gasteiger partial charge on any atom is -0.347 e. The van der Waals surface area contributed by atoms with Gasteiger partial charge in [-0.25, -0.2) is 4.98 Å². The zero-order valence-corrected chi connectivity index (χ0v) is 7.96. The van der Waals surface area contributed by atoms with E-state index in [9.17, 15) is 0 Å². The number of H-pyrrole nitrogens is 1. The zero-order valence-electron chi connectivity index (χ0n) is 7.96. The predicted molar refractivity (Wildman–Crippen MR) is 49.8 cm³/mol. The first-order chi connectivity index (χ1) is 5.74. The van der Waals surface area contributed by atoms with Gasteiger partial charge in [-0.05, 0) is 19.4 Å². The van der Waals surface area contributed by atoms with Gasteiger partial charge in [0.15, 0.2) is 0 Å². The molecule has 0 aromatic carbocycles. The number of aromatic nitrogens is 2. The Morgan fingerprint density at radius 1 is 1.58 bits per heavy atom. The summed E-state index contributed by atoms with van der Waals surface area (Å²) in [7, 11) is 1.97. The van der Waals surface area contributed by atoms with Crippen LogP contribution in [0.4, 0.5) is 0 Å². The average molecular weight is 167 g/mol. The minimum atomic E-state index is 0.361. The highest BCUT2D eigenvalue weighted by atomic mass is 15.0. The van der Waals surface area contributed by atoms with E-state index in [2.05, 4.69) is 29.1 Å². The molecule has 1 aromatic rings. The van der Waals surface area contributed by atoms with Gasteiger partial charge >= 0.3 is 0 Å². The van der Waals surface area contributed by atoms with Crippen molar-refractivity contribution in [2.24, 2.45) is 5.92 Å². The van der Waals surface area contributed by atoms with Crippen molar-refractivity contribution in [3.8, 4) is 0 Å². The maximum Gasteiger partial charge on any atom is 0.123 e. The van der Waals surface area contributed by atoms with Crippen molar-refractivity contribution in [1.82, 2.24) is 15.3 Å². The second kappa shape index (κ2) is 4.26. The monoisotopic (exact) mass is 167 g/mol. The Hall–Kier alpha value is -0.830. The number of imidazole rings is 1. The van der Waals surface area contributed by atoms with Gasteiger partial charge in [0.05, 0.1) is 6.04 Å². The lowest BCUT2D eigenvalue weighted by atomic mass is 10.0. The summed E-state index contributed by atoms with van der Waals surface area (Å²) in [5.41, 5.74) is 0. The first-order valence-electron chi connectivity index (χ1n) is 4.40. The summed E-state index contributed by atoms with van der Waals surface area (Å²) in [5, 5.41) is 3.24. The van der Waals surface area contributed by atoms with Crippen LogP contribution in [-0.2, 0) is 0 Å². The zero-order chi connectivity index (χ0) is 8.97. The van der Waals surface area contributed by atoms with Crippen LogP contribution in [0, 0.1) is 5.92 Å². The molecule has 68 valence electrons. The lowest BCUT2D eigenvalue weighted by Crippen LogP contribution is -2.19. The van der Waals surface area contributed by atoms with Crippen LogP contribution in [-0.4, -0.2) is 17.0 Å². The molecule has 2 N–H and O–H groups in total. The number of nitrogens with one attached hydrogen (secondary N) is 2. The Bertz CT molecular complexity index is 204. The molecule has 3 nitrogen and oxygen atoms in total. The van der Waals surface area contributed by atoms with Crippen LogP contribution in [0.5, 0.6) is 0 Å². The quantitative estimate of drug-likeness (QED) is 0.716. The molecule has 12 heavy (non-hydrogen) atoms. The van der Waals surface area contributed by atoms with Gasteiger partial charge in [0.1, 0.15) is 5.82 Å². The van der Waals surface area contributed by atoms with Crippen molar-refractivity contribution in [2.45, 2.75) is 26.3 Å². The van der Waals surface area contributed by atoms with Crippen LogP contribution < -0.4 is 5.32 Å². The Morgan fingerprint density at radius 2 is 2.33 bits per heavy atom.